The van der Waals surface area contributed by atoms with Crippen LogP contribution in [0.1, 0.15) is 17.5 Å². The summed E-state index contributed by atoms with van der Waals surface area (Å²) in [7, 11) is 0. The molecule has 82 valence electrons. The molecule has 0 bridgehead atoms. The first-order valence-electron chi connectivity index (χ1n) is 5.02. The molecule has 0 aliphatic carbocycles. The van der Waals surface area contributed by atoms with Crippen molar-refractivity contribution < 1.29 is 4.79 Å². The first-order valence-corrected chi connectivity index (χ1v) is 6.07. The molecule has 0 aromatic carbocycles. The number of nitrogens with zero attached hydrogens (tertiary/aromatic N) is 3. The topological polar surface area (TPSA) is 57.0 Å². The van der Waals surface area contributed by atoms with Gasteiger partial charge < -0.3 is 4.90 Å². The Hall–Kier alpha value is -1.54. The molecule has 0 spiro atoms. The van der Waals surface area contributed by atoms with Crippen molar-refractivity contribution in [3.8, 4) is 6.07 Å². The van der Waals surface area contributed by atoms with E-state index in [1.54, 1.807) is 22.9 Å². The Morgan fingerprint density at radius 3 is 3.19 bits per heavy atom. The Morgan fingerprint density at radius 2 is 2.50 bits per heavy atom. The summed E-state index contributed by atoms with van der Waals surface area (Å²) in [6, 6.07) is 7.74. The summed E-state index contributed by atoms with van der Waals surface area (Å²) in [5.41, 5.74) is 0.885. The van der Waals surface area contributed by atoms with Gasteiger partial charge in [-0.1, -0.05) is 6.07 Å². The van der Waals surface area contributed by atoms with Crippen LogP contribution in [0, 0.1) is 11.3 Å². The molecule has 1 aliphatic rings. The van der Waals surface area contributed by atoms with Gasteiger partial charge in [0.1, 0.15) is 5.37 Å². The van der Waals surface area contributed by atoms with Crippen molar-refractivity contribution in [2.45, 2.75) is 11.8 Å². The highest BCUT2D eigenvalue weighted by atomic mass is 32.2. The molecule has 1 aromatic heterocycles. The van der Waals surface area contributed by atoms with Gasteiger partial charge in [0.15, 0.2) is 0 Å². The van der Waals surface area contributed by atoms with E-state index in [9.17, 15) is 4.79 Å². The van der Waals surface area contributed by atoms with Gasteiger partial charge in [0.2, 0.25) is 5.91 Å². The lowest BCUT2D eigenvalue weighted by atomic mass is 10.3. The van der Waals surface area contributed by atoms with Crippen LogP contribution in [-0.2, 0) is 4.79 Å². The molecule has 1 fully saturated rings. The smallest absolute Gasteiger partial charge is 0.233 e. The van der Waals surface area contributed by atoms with Crippen LogP contribution in [-0.4, -0.2) is 28.1 Å². The van der Waals surface area contributed by atoms with E-state index < -0.39 is 0 Å². The summed E-state index contributed by atoms with van der Waals surface area (Å²) in [4.78, 5) is 17.6. The summed E-state index contributed by atoms with van der Waals surface area (Å²) < 4.78 is 0. The van der Waals surface area contributed by atoms with Crippen molar-refractivity contribution in [2.75, 3.05) is 12.3 Å². The number of carbonyl (C=O) groups is 1. The largest absolute Gasteiger partial charge is 0.323 e. The Kier molecular flexibility index (Phi) is 3.42. The second-order valence-corrected chi connectivity index (χ2v) is 4.48. The number of hydrogen-bond acceptors (Lipinski definition) is 4. The molecule has 5 heteroatoms. The normalized spacial score (nSPS) is 19.8. The lowest BCUT2D eigenvalue weighted by Gasteiger charge is -2.22. The van der Waals surface area contributed by atoms with Crippen molar-refractivity contribution in [1.29, 1.82) is 5.26 Å². The molecule has 0 radical (unpaired) electrons. The molecule has 16 heavy (non-hydrogen) atoms. The minimum Gasteiger partial charge on any atom is -0.323 e. The fraction of sp³-hybridized carbons (Fsp3) is 0.364. The minimum absolute atomic E-state index is 0.0259. The molecule has 1 amide bonds. The summed E-state index contributed by atoms with van der Waals surface area (Å²) in [6.07, 6.45) is 2.09. The van der Waals surface area contributed by atoms with Gasteiger partial charge in [-0.15, -0.1) is 11.8 Å². The average molecular weight is 233 g/mol. The fourth-order valence-electron chi connectivity index (χ4n) is 1.63. The van der Waals surface area contributed by atoms with Crippen molar-refractivity contribution in [3.05, 3.63) is 30.1 Å². The van der Waals surface area contributed by atoms with E-state index in [2.05, 4.69) is 11.1 Å². The van der Waals surface area contributed by atoms with Gasteiger partial charge >= 0.3 is 0 Å². The molecule has 2 heterocycles. The summed E-state index contributed by atoms with van der Waals surface area (Å²) >= 11 is 1.57. The van der Waals surface area contributed by atoms with E-state index in [-0.39, 0.29) is 11.3 Å². The van der Waals surface area contributed by atoms with Crippen LogP contribution >= 0.6 is 11.8 Å². The standard InChI is InChI=1S/C11H11N3OS/c12-5-3-7-14-10(15)8-16-11(14)9-4-1-2-6-13-9/h1-2,4,6,11H,3,7-8H2. The van der Waals surface area contributed by atoms with Gasteiger partial charge in [-0.3, -0.25) is 9.78 Å². The quantitative estimate of drug-likeness (QED) is 0.795. The SMILES string of the molecule is N#CCCN1C(=O)CSC1c1ccccn1. The average Bonchev–Trinajstić information content (AvgIpc) is 2.69. The number of hydrogen-bond donors (Lipinski definition) is 0. The molecule has 1 atom stereocenters. The minimum atomic E-state index is -0.0259. The van der Waals surface area contributed by atoms with E-state index in [0.717, 1.165) is 5.69 Å². The number of aromatic nitrogens is 1. The Balaban J connectivity index is 2.15. The Bertz CT molecular complexity index is 415. The molecular weight excluding hydrogens is 222 g/mol. The number of nitriles is 1. The van der Waals surface area contributed by atoms with E-state index >= 15 is 0 Å². The van der Waals surface area contributed by atoms with Gasteiger partial charge in [-0.05, 0) is 12.1 Å². The molecule has 0 saturated carbocycles. The zero-order valence-corrected chi connectivity index (χ0v) is 9.48. The summed E-state index contributed by atoms with van der Waals surface area (Å²) in [5.74, 6) is 0.572. The van der Waals surface area contributed by atoms with Crippen molar-refractivity contribution in [3.63, 3.8) is 0 Å². The molecule has 1 saturated heterocycles. The third kappa shape index (κ3) is 2.17. The van der Waals surface area contributed by atoms with Crippen LogP contribution in [0.15, 0.2) is 24.4 Å². The van der Waals surface area contributed by atoms with Crippen LogP contribution in [0.2, 0.25) is 0 Å². The maximum Gasteiger partial charge on any atom is 0.233 e. The van der Waals surface area contributed by atoms with Gasteiger partial charge in [-0.2, -0.15) is 5.26 Å². The number of amides is 1. The van der Waals surface area contributed by atoms with Crippen molar-refractivity contribution >= 4 is 17.7 Å². The summed E-state index contributed by atoms with van der Waals surface area (Å²) in [6.45, 7) is 0.490. The zero-order chi connectivity index (χ0) is 11.4. The van der Waals surface area contributed by atoms with Crippen LogP contribution in [0.4, 0.5) is 0 Å². The lowest BCUT2D eigenvalue weighted by molar-refractivity contribution is -0.128. The van der Waals surface area contributed by atoms with E-state index in [1.807, 2.05) is 18.2 Å². The first-order chi connectivity index (χ1) is 7.83. The third-order valence-electron chi connectivity index (χ3n) is 2.37. The lowest BCUT2D eigenvalue weighted by Crippen LogP contribution is -2.29. The highest BCUT2D eigenvalue weighted by molar-refractivity contribution is 8.00. The maximum absolute atomic E-state index is 11.6. The van der Waals surface area contributed by atoms with Crippen LogP contribution in [0.25, 0.3) is 0 Å². The van der Waals surface area contributed by atoms with Gasteiger partial charge in [0.05, 0.1) is 23.9 Å². The number of pyridine rings is 1. The number of thioether (sulfide) groups is 1. The van der Waals surface area contributed by atoms with Crippen LogP contribution in [0.3, 0.4) is 0 Å². The molecule has 1 aliphatic heterocycles. The van der Waals surface area contributed by atoms with Crippen LogP contribution in [0.5, 0.6) is 0 Å². The highest BCUT2D eigenvalue weighted by Gasteiger charge is 2.32. The summed E-state index contributed by atoms with van der Waals surface area (Å²) in [5, 5.41) is 8.53. The number of rotatable bonds is 3. The first kappa shape index (κ1) is 11.0. The van der Waals surface area contributed by atoms with Crippen molar-refractivity contribution in [1.82, 2.24) is 9.88 Å². The zero-order valence-electron chi connectivity index (χ0n) is 8.67. The maximum atomic E-state index is 11.6. The van der Waals surface area contributed by atoms with Gasteiger partial charge in [-0.25, -0.2) is 0 Å². The van der Waals surface area contributed by atoms with E-state index in [0.29, 0.717) is 18.7 Å². The predicted octanol–water partition coefficient (Wildman–Crippen LogP) is 1.57. The molecule has 0 N–H and O–H groups in total. The highest BCUT2D eigenvalue weighted by Crippen LogP contribution is 2.37. The second kappa shape index (κ2) is 4.99. The number of carbonyl (C=O) groups excluding carboxylic acids is 1. The molecule has 4 nitrogen and oxygen atoms in total. The van der Waals surface area contributed by atoms with Crippen LogP contribution < -0.4 is 0 Å². The van der Waals surface area contributed by atoms with Crippen molar-refractivity contribution in [2.24, 2.45) is 0 Å². The molecular formula is C11H11N3OS. The monoisotopic (exact) mass is 233 g/mol. The predicted molar refractivity (Wildman–Crippen MR) is 61.4 cm³/mol. The van der Waals surface area contributed by atoms with Gasteiger partial charge in [0.25, 0.3) is 0 Å². The van der Waals surface area contributed by atoms with E-state index in [4.69, 9.17) is 5.26 Å². The van der Waals surface area contributed by atoms with Gasteiger partial charge in [0, 0.05) is 12.7 Å². The molecule has 2 rings (SSSR count). The molecule has 1 aromatic rings. The Labute approximate surface area is 98.3 Å². The Morgan fingerprint density at radius 1 is 1.62 bits per heavy atom. The fourth-order valence-corrected chi connectivity index (χ4v) is 2.81. The van der Waals surface area contributed by atoms with E-state index in [1.165, 1.54) is 0 Å². The molecule has 1 unspecified atom stereocenters. The second-order valence-electron chi connectivity index (χ2n) is 3.41. The third-order valence-corrected chi connectivity index (χ3v) is 3.60.